The second-order valence-corrected chi connectivity index (χ2v) is 6.59. The van der Waals surface area contributed by atoms with Gasteiger partial charge in [-0.1, -0.05) is 6.92 Å². The molecule has 0 heterocycles. The van der Waals surface area contributed by atoms with Gasteiger partial charge in [-0.25, -0.2) is 8.78 Å². The summed E-state index contributed by atoms with van der Waals surface area (Å²) >= 11 is 1.72. The molecule has 1 aromatic rings. The lowest BCUT2D eigenvalue weighted by molar-refractivity contribution is 0.0952. The van der Waals surface area contributed by atoms with Crippen LogP contribution in [0.5, 0.6) is 0 Å². The Morgan fingerprint density at radius 3 is 2.43 bits per heavy atom. The number of carbonyl (C=O) groups is 1. The third-order valence-corrected chi connectivity index (χ3v) is 5.09. The lowest BCUT2D eigenvalue weighted by Crippen LogP contribution is -2.31. The summed E-state index contributed by atoms with van der Waals surface area (Å²) in [6.45, 7) is 2.92. The summed E-state index contributed by atoms with van der Waals surface area (Å²) in [5, 5.41) is 5.44. The monoisotopic (exact) mass is 314 g/mol. The van der Waals surface area contributed by atoms with Gasteiger partial charge in [-0.3, -0.25) is 4.79 Å². The van der Waals surface area contributed by atoms with E-state index in [9.17, 15) is 13.6 Å². The van der Waals surface area contributed by atoms with Crippen LogP contribution in [0, 0.1) is 11.6 Å². The highest BCUT2D eigenvalue weighted by Crippen LogP contribution is 2.46. The average molecular weight is 314 g/mol. The van der Waals surface area contributed by atoms with E-state index in [4.69, 9.17) is 0 Å². The van der Waals surface area contributed by atoms with Gasteiger partial charge in [0.05, 0.1) is 0 Å². The number of hydrogen-bond acceptors (Lipinski definition) is 3. The number of amides is 1. The van der Waals surface area contributed by atoms with E-state index in [2.05, 4.69) is 10.6 Å². The first-order chi connectivity index (χ1) is 10.0. The maximum absolute atomic E-state index is 13.9. The Morgan fingerprint density at radius 1 is 1.33 bits per heavy atom. The summed E-state index contributed by atoms with van der Waals surface area (Å²) in [7, 11) is 0. The lowest BCUT2D eigenvalue weighted by atomic mass is 10.1. The first-order valence-electron chi connectivity index (χ1n) is 7.07. The maximum atomic E-state index is 13.9. The molecule has 116 valence electrons. The zero-order valence-corrected chi connectivity index (χ0v) is 13.1. The highest BCUT2D eigenvalue weighted by molar-refractivity contribution is 8.00. The van der Waals surface area contributed by atoms with Crippen LogP contribution in [-0.4, -0.2) is 30.0 Å². The molecule has 0 bridgehead atoms. The quantitative estimate of drug-likeness (QED) is 0.810. The van der Waals surface area contributed by atoms with Crippen LogP contribution >= 0.6 is 11.8 Å². The van der Waals surface area contributed by atoms with Gasteiger partial charge in [0.2, 0.25) is 0 Å². The summed E-state index contributed by atoms with van der Waals surface area (Å²) in [6.07, 6.45) is 4.90. The van der Waals surface area contributed by atoms with Gasteiger partial charge in [0.1, 0.15) is 17.3 Å². The van der Waals surface area contributed by atoms with E-state index in [-0.39, 0.29) is 16.0 Å². The van der Waals surface area contributed by atoms with Crippen molar-refractivity contribution in [1.29, 1.82) is 0 Å². The van der Waals surface area contributed by atoms with Crippen LogP contribution in [0.1, 0.15) is 36.5 Å². The molecule has 0 saturated heterocycles. The van der Waals surface area contributed by atoms with E-state index in [0.717, 1.165) is 31.4 Å². The molecule has 3 nitrogen and oxygen atoms in total. The highest BCUT2D eigenvalue weighted by atomic mass is 32.2. The fourth-order valence-electron chi connectivity index (χ4n) is 2.06. The highest BCUT2D eigenvalue weighted by Gasteiger charge is 2.42. The van der Waals surface area contributed by atoms with E-state index in [1.54, 1.807) is 11.8 Å². The van der Waals surface area contributed by atoms with E-state index in [1.165, 1.54) is 0 Å². The molecule has 1 aromatic carbocycles. The number of carbonyl (C=O) groups excluding carboxylic acids is 1. The average Bonchev–Trinajstić information content (AvgIpc) is 3.24. The van der Waals surface area contributed by atoms with Gasteiger partial charge in [-0.2, -0.15) is 11.8 Å². The molecule has 2 N–H and O–H groups in total. The van der Waals surface area contributed by atoms with E-state index >= 15 is 0 Å². The van der Waals surface area contributed by atoms with E-state index < -0.39 is 17.5 Å². The van der Waals surface area contributed by atoms with E-state index in [1.807, 2.05) is 13.2 Å². The van der Waals surface area contributed by atoms with Crippen molar-refractivity contribution in [3.63, 3.8) is 0 Å². The van der Waals surface area contributed by atoms with Crippen molar-refractivity contribution in [2.24, 2.45) is 0 Å². The molecular weight excluding hydrogens is 294 g/mol. The second-order valence-electron chi connectivity index (χ2n) is 5.31. The van der Waals surface area contributed by atoms with Gasteiger partial charge >= 0.3 is 0 Å². The Morgan fingerprint density at radius 2 is 1.95 bits per heavy atom. The molecule has 0 spiro atoms. The fourth-order valence-corrected chi connectivity index (χ4v) is 2.79. The Hall–Kier alpha value is -1.30. The standard InChI is InChI=1S/C15H20F2N2OS/c1-3-6-18-13-11(16)7-10(8-12(13)17)14(20)19-9-15(21-2)4-5-15/h7-8,18H,3-6,9H2,1-2H3,(H,19,20). The topological polar surface area (TPSA) is 41.1 Å². The smallest absolute Gasteiger partial charge is 0.251 e. The second kappa shape index (κ2) is 6.64. The summed E-state index contributed by atoms with van der Waals surface area (Å²) in [5.41, 5.74) is -0.153. The molecule has 1 aliphatic rings. The van der Waals surface area contributed by atoms with Gasteiger partial charge in [0, 0.05) is 23.4 Å². The summed E-state index contributed by atoms with van der Waals surface area (Å²) < 4.78 is 27.8. The number of anilines is 1. The lowest BCUT2D eigenvalue weighted by Gasteiger charge is -2.14. The zero-order valence-electron chi connectivity index (χ0n) is 12.3. The molecule has 0 atom stereocenters. The van der Waals surface area contributed by atoms with Crippen LogP contribution in [0.4, 0.5) is 14.5 Å². The van der Waals surface area contributed by atoms with Gasteiger partial charge in [-0.15, -0.1) is 0 Å². The minimum atomic E-state index is -0.736. The van der Waals surface area contributed by atoms with Crippen LogP contribution < -0.4 is 10.6 Å². The van der Waals surface area contributed by atoms with Crippen LogP contribution in [0.3, 0.4) is 0 Å². The van der Waals surface area contributed by atoms with Crippen LogP contribution in [0.15, 0.2) is 12.1 Å². The molecule has 0 unspecified atom stereocenters. The number of hydrogen-bond donors (Lipinski definition) is 2. The first-order valence-corrected chi connectivity index (χ1v) is 8.30. The molecule has 6 heteroatoms. The molecule has 1 amide bonds. The SMILES string of the molecule is CCCNc1c(F)cc(C(=O)NCC2(SC)CC2)cc1F. The largest absolute Gasteiger partial charge is 0.380 e. The van der Waals surface area contributed by atoms with Crippen molar-refractivity contribution in [3.8, 4) is 0 Å². The van der Waals surface area contributed by atoms with Gasteiger partial charge in [-0.05, 0) is 37.7 Å². The molecule has 0 radical (unpaired) electrons. The normalized spacial score (nSPS) is 15.6. The van der Waals surface area contributed by atoms with Crippen LogP contribution in [-0.2, 0) is 0 Å². The molecule has 1 saturated carbocycles. The molecule has 0 aromatic heterocycles. The maximum Gasteiger partial charge on any atom is 0.251 e. The van der Waals surface area contributed by atoms with Crippen molar-refractivity contribution in [3.05, 3.63) is 29.3 Å². The Kier molecular flexibility index (Phi) is 5.08. The van der Waals surface area contributed by atoms with Crippen molar-refractivity contribution in [2.75, 3.05) is 24.7 Å². The van der Waals surface area contributed by atoms with E-state index in [0.29, 0.717) is 13.1 Å². The summed E-state index contributed by atoms with van der Waals surface area (Å²) in [6, 6.07) is 2.16. The zero-order chi connectivity index (χ0) is 15.5. The minimum Gasteiger partial charge on any atom is -0.380 e. The fraction of sp³-hybridized carbons (Fsp3) is 0.533. The summed E-state index contributed by atoms with van der Waals surface area (Å²) in [5.74, 6) is -1.91. The molecule has 2 rings (SSSR count). The number of nitrogens with one attached hydrogen (secondary N) is 2. The van der Waals surface area contributed by atoms with Crippen molar-refractivity contribution >= 4 is 23.4 Å². The number of rotatable bonds is 7. The predicted octanol–water partition coefficient (Wildman–Crippen LogP) is 3.41. The van der Waals surface area contributed by atoms with Crippen LogP contribution in [0.2, 0.25) is 0 Å². The predicted molar refractivity (Wildman–Crippen MR) is 83.0 cm³/mol. The molecule has 1 aliphatic carbocycles. The van der Waals surface area contributed by atoms with Gasteiger partial charge in [0.25, 0.3) is 5.91 Å². The first kappa shape index (κ1) is 16.1. The third kappa shape index (κ3) is 3.87. The molecular formula is C15H20F2N2OS. The van der Waals surface area contributed by atoms with Crippen molar-refractivity contribution in [1.82, 2.24) is 5.32 Å². The van der Waals surface area contributed by atoms with Crippen LogP contribution in [0.25, 0.3) is 0 Å². The Balaban J connectivity index is 2.04. The van der Waals surface area contributed by atoms with Gasteiger partial charge in [0.15, 0.2) is 0 Å². The van der Waals surface area contributed by atoms with Gasteiger partial charge < -0.3 is 10.6 Å². The van der Waals surface area contributed by atoms with Crippen molar-refractivity contribution in [2.45, 2.75) is 30.9 Å². The minimum absolute atomic E-state index is 0.0175. The molecule has 21 heavy (non-hydrogen) atoms. The summed E-state index contributed by atoms with van der Waals surface area (Å²) in [4.78, 5) is 12.0. The van der Waals surface area contributed by atoms with Crippen molar-refractivity contribution < 1.29 is 13.6 Å². The Bertz CT molecular complexity index is 509. The molecule has 1 fully saturated rings. The number of benzene rings is 1. The number of halogens is 2. The molecule has 0 aliphatic heterocycles. The Labute approximate surface area is 127 Å². The third-order valence-electron chi connectivity index (χ3n) is 3.67. The number of thioether (sulfide) groups is 1.